The van der Waals surface area contributed by atoms with Gasteiger partial charge < -0.3 is 4.57 Å². The average molecular weight is 271 g/mol. The van der Waals surface area contributed by atoms with Gasteiger partial charge in [-0.15, -0.1) is 0 Å². The van der Waals surface area contributed by atoms with Crippen LogP contribution in [0.1, 0.15) is 24.4 Å². The van der Waals surface area contributed by atoms with Crippen molar-refractivity contribution < 1.29 is 0 Å². The lowest BCUT2D eigenvalue weighted by molar-refractivity contribution is 0.705. The predicted octanol–water partition coefficient (Wildman–Crippen LogP) is 3.38. The molecule has 4 heteroatoms. The van der Waals surface area contributed by atoms with E-state index in [1.807, 2.05) is 24.3 Å². The molecule has 0 radical (unpaired) electrons. The molecule has 0 aliphatic heterocycles. The van der Waals surface area contributed by atoms with Gasteiger partial charge in [-0.3, -0.25) is 4.79 Å². The molecule has 0 saturated heterocycles. The van der Waals surface area contributed by atoms with Crippen LogP contribution in [0.25, 0.3) is 11.1 Å². The van der Waals surface area contributed by atoms with Crippen molar-refractivity contribution in [2.24, 2.45) is 0 Å². The van der Waals surface area contributed by atoms with Crippen molar-refractivity contribution >= 4 is 11.6 Å². The van der Waals surface area contributed by atoms with E-state index in [1.165, 1.54) is 0 Å². The zero-order valence-electron chi connectivity index (χ0n) is 10.1. The van der Waals surface area contributed by atoms with E-state index in [0.29, 0.717) is 10.6 Å². The first kappa shape index (κ1) is 12.0. The van der Waals surface area contributed by atoms with Gasteiger partial charge in [-0.2, -0.15) is 5.26 Å². The number of aromatic nitrogens is 1. The van der Waals surface area contributed by atoms with E-state index < -0.39 is 0 Å². The summed E-state index contributed by atoms with van der Waals surface area (Å²) in [5.41, 5.74) is 1.51. The number of nitriles is 1. The normalized spacial score (nSPS) is 14.1. The number of nitrogens with zero attached hydrogens (tertiary/aromatic N) is 2. The van der Waals surface area contributed by atoms with Gasteiger partial charge in [0.25, 0.3) is 5.56 Å². The quantitative estimate of drug-likeness (QED) is 0.840. The lowest BCUT2D eigenvalue weighted by Crippen LogP contribution is -2.21. The molecule has 0 atom stereocenters. The fourth-order valence-electron chi connectivity index (χ4n) is 2.17. The first-order valence-corrected chi connectivity index (χ1v) is 6.49. The molecule has 1 fully saturated rings. The maximum absolute atomic E-state index is 12.3. The van der Waals surface area contributed by atoms with Crippen LogP contribution in [-0.4, -0.2) is 4.57 Å². The molecule has 1 aromatic heterocycles. The maximum atomic E-state index is 12.3. The average Bonchev–Trinajstić information content (AvgIpc) is 3.24. The minimum Gasteiger partial charge on any atom is -0.311 e. The molecule has 3 rings (SSSR count). The first-order valence-electron chi connectivity index (χ1n) is 6.12. The van der Waals surface area contributed by atoms with Crippen LogP contribution in [0.5, 0.6) is 0 Å². The van der Waals surface area contributed by atoms with Gasteiger partial charge in [0.15, 0.2) is 0 Å². The highest BCUT2D eigenvalue weighted by Crippen LogP contribution is 2.34. The van der Waals surface area contributed by atoms with Gasteiger partial charge in [-0.1, -0.05) is 23.7 Å². The molecule has 1 aliphatic carbocycles. The molecule has 19 heavy (non-hydrogen) atoms. The van der Waals surface area contributed by atoms with E-state index in [0.717, 1.165) is 18.4 Å². The van der Waals surface area contributed by atoms with Gasteiger partial charge in [-0.25, -0.2) is 0 Å². The third kappa shape index (κ3) is 2.16. The Balaban J connectivity index is 2.17. The summed E-state index contributed by atoms with van der Waals surface area (Å²) in [6.07, 6.45) is 3.82. The lowest BCUT2D eigenvalue weighted by Gasteiger charge is -2.08. The van der Waals surface area contributed by atoms with Crippen LogP contribution in [0.4, 0.5) is 0 Å². The van der Waals surface area contributed by atoms with Gasteiger partial charge in [-0.05, 0) is 36.6 Å². The fraction of sp³-hybridized carbons (Fsp3) is 0.200. The zero-order valence-corrected chi connectivity index (χ0v) is 10.9. The Morgan fingerprint density at radius 1 is 1.21 bits per heavy atom. The summed E-state index contributed by atoms with van der Waals surface area (Å²) in [5.74, 6) is 0. The summed E-state index contributed by atoms with van der Waals surface area (Å²) in [6, 6.07) is 11.3. The molecule has 0 bridgehead atoms. The van der Waals surface area contributed by atoms with Crippen molar-refractivity contribution in [3.63, 3.8) is 0 Å². The molecular formula is C15H11ClN2O. The first-order chi connectivity index (χ1) is 9.20. The van der Waals surface area contributed by atoms with Crippen LogP contribution in [0, 0.1) is 11.3 Å². The monoisotopic (exact) mass is 270 g/mol. The van der Waals surface area contributed by atoms with Crippen molar-refractivity contribution in [3.05, 3.63) is 57.5 Å². The Morgan fingerprint density at radius 2 is 1.89 bits per heavy atom. The highest BCUT2D eigenvalue weighted by Gasteiger charge is 2.26. The molecule has 3 nitrogen and oxygen atoms in total. The number of halogens is 1. The molecule has 0 unspecified atom stereocenters. The summed E-state index contributed by atoms with van der Waals surface area (Å²) in [5, 5.41) is 9.89. The van der Waals surface area contributed by atoms with Crippen LogP contribution in [-0.2, 0) is 0 Å². The van der Waals surface area contributed by atoms with Crippen molar-refractivity contribution in [1.29, 1.82) is 5.26 Å². The van der Waals surface area contributed by atoms with Crippen molar-refractivity contribution in [3.8, 4) is 17.2 Å². The highest BCUT2D eigenvalue weighted by molar-refractivity contribution is 6.30. The van der Waals surface area contributed by atoms with E-state index in [9.17, 15) is 10.1 Å². The Labute approximate surface area is 115 Å². The van der Waals surface area contributed by atoms with Crippen molar-refractivity contribution in [2.75, 3.05) is 0 Å². The Kier molecular flexibility index (Phi) is 2.88. The van der Waals surface area contributed by atoms with Crippen LogP contribution >= 0.6 is 11.6 Å². The third-order valence-electron chi connectivity index (χ3n) is 3.33. The number of hydrogen-bond acceptors (Lipinski definition) is 2. The van der Waals surface area contributed by atoms with E-state index in [4.69, 9.17) is 11.6 Å². The number of benzene rings is 1. The van der Waals surface area contributed by atoms with Crippen molar-refractivity contribution in [2.45, 2.75) is 18.9 Å². The van der Waals surface area contributed by atoms with E-state index in [-0.39, 0.29) is 17.2 Å². The molecule has 0 N–H and O–H groups in total. The summed E-state index contributed by atoms with van der Waals surface area (Å²) in [4.78, 5) is 12.3. The topological polar surface area (TPSA) is 45.8 Å². The highest BCUT2D eigenvalue weighted by atomic mass is 35.5. The molecule has 94 valence electrons. The van der Waals surface area contributed by atoms with Crippen LogP contribution in [0.2, 0.25) is 5.02 Å². The SMILES string of the molecule is N#Cc1c(-c2ccc(Cl)cc2)ccn(C2CC2)c1=O. The molecular weight excluding hydrogens is 260 g/mol. The second kappa shape index (κ2) is 4.56. The van der Waals surface area contributed by atoms with E-state index in [1.54, 1.807) is 22.9 Å². The van der Waals surface area contributed by atoms with Gasteiger partial charge in [0, 0.05) is 22.8 Å². The minimum atomic E-state index is -0.197. The van der Waals surface area contributed by atoms with Crippen molar-refractivity contribution in [1.82, 2.24) is 4.57 Å². The molecule has 1 heterocycles. The van der Waals surface area contributed by atoms with E-state index in [2.05, 4.69) is 0 Å². The Bertz CT molecular complexity index is 721. The standard InChI is InChI=1S/C15H11ClN2O/c16-11-3-1-10(2-4-11)13-7-8-18(12-5-6-12)15(19)14(13)9-17/h1-4,7-8,12H,5-6H2. The maximum Gasteiger partial charge on any atom is 0.269 e. The molecule has 1 aromatic carbocycles. The summed E-state index contributed by atoms with van der Waals surface area (Å²) >= 11 is 5.85. The van der Waals surface area contributed by atoms with Gasteiger partial charge >= 0.3 is 0 Å². The molecule has 0 spiro atoms. The summed E-state index contributed by atoms with van der Waals surface area (Å²) < 4.78 is 1.66. The summed E-state index contributed by atoms with van der Waals surface area (Å²) in [6.45, 7) is 0. The third-order valence-corrected chi connectivity index (χ3v) is 3.58. The van der Waals surface area contributed by atoms with Crippen LogP contribution in [0.3, 0.4) is 0 Å². The van der Waals surface area contributed by atoms with Crippen LogP contribution < -0.4 is 5.56 Å². The predicted molar refractivity (Wildman–Crippen MR) is 74.1 cm³/mol. The van der Waals surface area contributed by atoms with Crippen LogP contribution in [0.15, 0.2) is 41.3 Å². The number of hydrogen-bond donors (Lipinski definition) is 0. The number of rotatable bonds is 2. The number of pyridine rings is 1. The Hall–Kier alpha value is -2.05. The molecule has 0 amide bonds. The van der Waals surface area contributed by atoms with Gasteiger partial charge in [0.1, 0.15) is 11.6 Å². The second-order valence-corrected chi connectivity index (χ2v) is 5.10. The van der Waals surface area contributed by atoms with Gasteiger partial charge in [0.05, 0.1) is 0 Å². The zero-order chi connectivity index (χ0) is 13.4. The largest absolute Gasteiger partial charge is 0.311 e. The lowest BCUT2D eigenvalue weighted by atomic mass is 10.0. The smallest absolute Gasteiger partial charge is 0.269 e. The second-order valence-electron chi connectivity index (χ2n) is 4.67. The minimum absolute atomic E-state index is 0.197. The van der Waals surface area contributed by atoms with E-state index >= 15 is 0 Å². The summed E-state index contributed by atoms with van der Waals surface area (Å²) in [7, 11) is 0. The van der Waals surface area contributed by atoms with Gasteiger partial charge in [0.2, 0.25) is 0 Å². The molecule has 1 saturated carbocycles. The molecule has 2 aromatic rings. The fourth-order valence-corrected chi connectivity index (χ4v) is 2.29. The molecule has 1 aliphatic rings. The Morgan fingerprint density at radius 3 is 2.47 bits per heavy atom.